The van der Waals surface area contributed by atoms with Crippen molar-refractivity contribution in [2.75, 3.05) is 6.54 Å². The Morgan fingerprint density at radius 3 is 2.62 bits per heavy atom. The maximum atomic E-state index is 12.8. The summed E-state index contributed by atoms with van der Waals surface area (Å²) in [4.78, 5) is 25.3. The van der Waals surface area contributed by atoms with Crippen LogP contribution in [0.15, 0.2) is 54.9 Å². The van der Waals surface area contributed by atoms with Crippen LogP contribution in [0.2, 0.25) is 0 Å². The van der Waals surface area contributed by atoms with E-state index in [1.54, 1.807) is 10.7 Å². The molecule has 3 aromatic rings. The van der Waals surface area contributed by atoms with Crippen LogP contribution in [0.1, 0.15) is 46.5 Å². The molecule has 150 valence electrons. The van der Waals surface area contributed by atoms with E-state index < -0.39 is 0 Å². The van der Waals surface area contributed by atoms with Crippen LogP contribution in [0.25, 0.3) is 5.52 Å². The first-order valence-electron chi connectivity index (χ1n) is 9.95. The van der Waals surface area contributed by atoms with E-state index >= 15 is 0 Å². The minimum Gasteiger partial charge on any atom is -0.352 e. The summed E-state index contributed by atoms with van der Waals surface area (Å²) in [6, 6.07) is 13.1. The van der Waals surface area contributed by atoms with Gasteiger partial charge in [0.25, 0.3) is 11.8 Å². The van der Waals surface area contributed by atoms with E-state index in [4.69, 9.17) is 0 Å². The average molecular weight is 390 g/mol. The summed E-state index contributed by atoms with van der Waals surface area (Å²) in [6.07, 6.45) is 4.36. The van der Waals surface area contributed by atoms with Crippen molar-refractivity contribution >= 4 is 17.3 Å². The van der Waals surface area contributed by atoms with Crippen LogP contribution in [0.4, 0.5) is 0 Å². The van der Waals surface area contributed by atoms with Crippen LogP contribution in [0, 0.1) is 18.3 Å². The molecule has 2 aromatic heterocycles. The lowest BCUT2D eigenvalue weighted by molar-refractivity contribution is 0.0150. The van der Waals surface area contributed by atoms with Gasteiger partial charge in [-0.2, -0.15) is 5.10 Å². The van der Waals surface area contributed by atoms with E-state index in [-0.39, 0.29) is 23.3 Å². The minimum atomic E-state index is -0.0972. The summed E-state index contributed by atoms with van der Waals surface area (Å²) in [7, 11) is 0. The van der Waals surface area contributed by atoms with E-state index in [1.807, 2.05) is 55.6 Å². The number of rotatable bonds is 5. The van der Waals surface area contributed by atoms with Gasteiger partial charge < -0.3 is 10.6 Å². The zero-order chi connectivity index (χ0) is 20.6. The van der Waals surface area contributed by atoms with Crippen molar-refractivity contribution in [3.63, 3.8) is 0 Å². The molecule has 4 rings (SSSR count). The smallest absolute Gasteiger partial charge is 0.253 e. The SMILES string of the molecule is Cc1ccccc1C(=O)NCC1CC(NC(=O)c2cccn3nccc23)C1(C)C. The molecule has 0 radical (unpaired) electrons. The summed E-state index contributed by atoms with van der Waals surface area (Å²) in [5.41, 5.74) is 3.00. The molecule has 1 fully saturated rings. The molecule has 2 unspecified atom stereocenters. The average Bonchev–Trinajstić information content (AvgIpc) is 3.19. The second-order valence-electron chi connectivity index (χ2n) is 8.39. The van der Waals surface area contributed by atoms with Crippen LogP contribution in [0.5, 0.6) is 0 Å². The Labute approximate surface area is 170 Å². The molecule has 29 heavy (non-hydrogen) atoms. The summed E-state index contributed by atoms with van der Waals surface area (Å²) in [6.45, 7) is 6.83. The molecule has 2 N–H and O–H groups in total. The Bertz CT molecular complexity index is 1070. The summed E-state index contributed by atoms with van der Waals surface area (Å²) < 4.78 is 1.70. The largest absolute Gasteiger partial charge is 0.352 e. The maximum Gasteiger partial charge on any atom is 0.253 e. The van der Waals surface area contributed by atoms with Gasteiger partial charge in [0.2, 0.25) is 0 Å². The van der Waals surface area contributed by atoms with Crippen molar-refractivity contribution in [3.8, 4) is 0 Å². The van der Waals surface area contributed by atoms with Crippen molar-refractivity contribution in [3.05, 3.63) is 71.5 Å². The van der Waals surface area contributed by atoms with E-state index in [1.165, 1.54) is 0 Å². The number of amides is 2. The van der Waals surface area contributed by atoms with Gasteiger partial charge >= 0.3 is 0 Å². The number of carbonyl (C=O) groups excluding carboxylic acids is 2. The highest BCUT2D eigenvalue weighted by atomic mass is 16.2. The topological polar surface area (TPSA) is 75.5 Å². The van der Waals surface area contributed by atoms with Crippen LogP contribution in [0.3, 0.4) is 0 Å². The number of nitrogens with one attached hydrogen (secondary N) is 2. The lowest BCUT2D eigenvalue weighted by Crippen LogP contribution is -2.60. The molecular formula is C23H26N4O2. The second-order valence-corrected chi connectivity index (χ2v) is 8.39. The van der Waals surface area contributed by atoms with Crippen molar-refractivity contribution in [2.45, 2.75) is 33.2 Å². The van der Waals surface area contributed by atoms with E-state index in [9.17, 15) is 9.59 Å². The lowest BCUT2D eigenvalue weighted by Gasteiger charge is -2.52. The van der Waals surface area contributed by atoms with E-state index in [2.05, 4.69) is 29.6 Å². The lowest BCUT2D eigenvalue weighted by atomic mass is 9.58. The molecule has 0 aliphatic heterocycles. The fourth-order valence-corrected chi connectivity index (χ4v) is 4.13. The Kier molecular flexibility index (Phi) is 4.86. The van der Waals surface area contributed by atoms with Crippen molar-refractivity contribution < 1.29 is 9.59 Å². The Balaban J connectivity index is 1.36. The number of pyridine rings is 1. The third-order valence-corrected chi connectivity index (χ3v) is 6.36. The van der Waals surface area contributed by atoms with Gasteiger partial charge in [0.05, 0.1) is 17.3 Å². The quantitative estimate of drug-likeness (QED) is 0.702. The molecular weight excluding hydrogens is 364 g/mol. The third kappa shape index (κ3) is 3.50. The first-order chi connectivity index (χ1) is 13.9. The van der Waals surface area contributed by atoms with Crippen LogP contribution in [-0.2, 0) is 0 Å². The number of hydrogen-bond acceptors (Lipinski definition) is 3. The number of benzene rings is 1. The second kappa shape index (κ2) is 7.35. The van der Waals surface area contributed by atoms with Gasteiger partial charge in [-0.3, -0.25) is 9.59 Å². The summed E-state index contributed by atoms with van der Waals surface area (Å²) in [5.74, 6) is 0.182. The maximum absolute atomic E-state index is 12.8. The third-order valence-electron chi connectivity index (χ3n) is 6.36. The highest BCUT2D eigenvalue weighted by Gasteiger charge is 2.48. The van der Waals surface area contributed by atoms with Gasteiger partial charge in [0, 0.05) is 24.3 Å². The van der Waals surface area contributed by atoms with Gasteiger partial charge in [-0.1, -0.05) is 32.0 Å². The molecule has 1 aliphatic carbocycles. The number of aromatic nitrogens is 2. The molecule has 0 spiro atoms. The highest BCUT2D eigenvalue weighted by molar-refractivity contribution is 6.01. The molecule has 6 nitrogen and oxygen atoms in total. The minimum absolute atomic E-state index is 0.0428. The first kappa shape index (κ1) is 19.2. The monoisotopic (exact) mass is 390 g/mol. The number of carbonyl (C=O) groups is 2. The fraction of sp³-hybridized carbons (Fsp3) is 0.348. The predicted molar refractivity (Wildman–Crippen MR) is 112 cm³/mol. The zero-order valence-corrected chi connectivity index (χ0v) is 17.0. The fourth-order valence-electron chi connectivity index (χ4n) is 4.13. The van der Waals surface area contributed by atoms with Crippen molar-refractivity contribution in [1.82, 2.24) is 20.2 Å². The molecule has 0 saturated heterocycles. The normalized spacial score (nSPS) is 20.1. The van der Waals surface area contributed by atoms with Gasteiger partial charge in [0.15, 0.2) is 0 Å². The summed E-state index contributed by atoms with van der Waals surface area (Å²) >= 11 is 0. The van der Waals surface area contributed by atoms with Gasteiger partial charge in [-0.05, 0) is 54.5 Å². The standard InChI is InChI=1S/C23H26N4O2/c1-15-7-4-5-8-17(15)21(28)24-14-16-13-20(23(16,2)3)26-22(29)18-9-6-12-27-19(18)10-11-25-27/h4-12,16,20H,13-14H2,1-3H3,(H,24,28)(H,26,29). The Morgan fingerprint density at radius 1 is 1.10 bits per heavy atom. The zero-order valence-electron chi connectivity index (χ0n) is 17.0. The number of hydrogen-bond donors (Lipinski definition) is 2. The molecule has 1 saturated carbocycles. The molecule has 2 heterocycles. The molecule has 2 amide bonds. The van der Waals surface area contributed by atoms with E-state index in [0.717, 1.165) is 17.5 Å². The Hall–Kier alpha value is -3.15. The first-order valence-corrected chi connectivity index (χ1v) is 9.95. The molecule has 1 aromatic carbocycles. The molecule has 0 bridgehead atoms. The molecule has 1 aliphatic rings. The van der Waals surface area contributed by atoms with Crippen molar-refractivity contribution in [2.24, 2.45) is 11.3 Å². The van der Waals surface area contributed by atoms with Crippen molar-refractivity contribution in [1.29, 1.82) is 0 Å². The molecule has 6 heteroatoms. The van der Waals surface area contributed by atoms with Gasteiger partial charge in [-0.25, -0.2) is 4.52 Å². The van der Waals surface area contributed by atoms with Crippen LogP contribution >= 0.6 is 0 Å². The van der Waals surface area contributed by atoms with Crippen LogP contribution in [-0.4, -0.2) is 34.0 Å². The Morgan fingerprint density at radius 2 is 1.86 bits per heavy atom. The summed E-state index contributed by atoms with van der Waals surface area (Å²) in [5, 5.41) is 10.4. The number of nitrogens with zero attached hydrogens (tertiary/aromatic N) is 2. The molecule has 2 atom stereocenters. The van der Waals surface area contributed by atoms with Crippen LogP contribution < -0.4 is 10.6 Å². The van der Waals surface area contributed by atoms with Gasteiger partial charge in [-0.15, -0.1) is 0 Å². The number of aryl methyl sites for hydroxylation is 1. The number of fused-ring (bicyclic) bond motifs is 1. The van der Waals surface area contributed by atoms with E-state index in [0.29, 0.717) is 23.6 Å². The van der Waals surface area contributed by atoms with Gasteiger partial charge in [0.1, 0.15) is 0 Å². The predicted octanol–water partition coefficient (Wildman–Crippen LogP) is 3.22. The highest BCUT2D eigenvalue weighted by Crippen LogP contribution is 2.46.